The van der Waals surface area contributed by atoms with Gasteiger partial charge in [-0.05, 0) is 30.4 Å². The summed E-state index contributed by atoms with van der Waals surface area (Å²) in [6, 6.07) is 7.77. The van der Waals surface area contributed by atoms with E-state index in [0.29, 0.717) is 40.0 Å². The number of hydroxylamine groups is 2. The molecule has 11 nitrogen and oxygen atoms in total. The number of rotatable bonds is 6. The van der Waals surface area contributed by atoms with Crippen molar-refractivity contribution in [3.63, 3.8) is 0 Å². The molecule has 6 rings (SSSR count). The zero-order valence-corrected chi connectivity index (χ0v) is 20.3. The lowest BCUT2D eigenvalue weighted by atomic mass is 10.1. The van der Waals surface area contributed by atoms with Gasteiger partial charge >= 0.3 is 0 Å². The smallest absolute Gasteiger partial charge is 0.223 e. The minimum absolute atomic E-state index is 0.0180. The van der Waals surface area contributed by atoms with Crippen molar-refractivity contribution in [3.8, 4) is 17.1 Å². The molecule has 0 bridgehead atoms. The average molecular weight is 506 g/mol. The number of hydrogen-bond acceptors (Lipinski definition) is 9. The summed E-state index contributed by atoms with van der Waals surface area (Å²) in [5, 5.41) is 16.6. The summed E-state index contributed by atoms with van der Waals surface area (Å²) in [5.74, 6) is 0.872. The van der Waals surface area contributed by atoms with E-state index in [1.807, 2.05) is 29.3 Å². The molecule has 36 heavy (non-hydrogen) atoms. The van der Waals surface area contributed by atoms with Crippen molar-refractivity contribution in [2.75, 3.05) is 25.9 Å². The number of nitrogens with two attached hydrogens (primary N) is 1. The van der Waals surface area contributed by atoms with Crippen LogP contribution in [0.15, 0.2) is 43.0 Å². The molecule has 1 aromatic carbocycles. The number of nitrogen functional groups attached to an aromatic ring is 1. The van der Waals surface area contributed by atoms with Crippen LogP contribution in [0.3, 0.4) is 0 Å². The fraction of sp³-hybridized carbons (Fsp3) is 0.292. The average Bonchev–Trinajstić information content (AvgIpc) is 3.54. The van der Waals surface area contributed by atoms with Gasteiger partial charge in [0.1, 0.15) is 23.9 Å². The van der Waals surface area contributed by atoms with Gasteiger partial charge in [0.25, 0.3) is 0 Å². The molecule has 5 aromatic rings. The second-order valence-corrected chi connectivity index (χ2v) is 9.04. The van der Waals surface area contributed by atoms with Crippen LogP contribution >= 0.6 is 11.6 Å². The van der Waals surface area contributed by atoms with E-state index in [9.17, 15) is 0 Å². The number of anilines is 1. The number of benzene rings is 1. The molecular weight excluding hydrogens is 482 g/mol. The molecule has 1 aliphatic rings. The summed E-state index contributed by atoms with van der Waals surface area (Å²) >= 11 is 6.59. The van der Waals surface area contributed by atoms with Crippen molar-refractivity contribution in [2.45, 2.75) is 25.5 Å². The number of nitrogens with zero attached hydrogens (tertiary/aromatic N) is 7. The minimum Gasteiger partial charge on any atom is -0.474 e. The molecule has 0 unspecified atom stereocenters. The van der Waals surface area contributed by atoms with E-state index in [-0.39, 0.29) is 6.10 Å². The molecular formula is C24H24ClN9O2. The standard InChI is InChI=1S/C24H24ClN9O2/c1-35-33-7-5-17(6-8-33)36-24-19-14(3-2-4-18(19)25)9-16(31-24)12-34-23-20(22(26)27-13-28-23)21(32-34)15-10-29-30-11-15/h2-4,9-11,13,17H,5-8,12H2,1H3,(H,29,30)(H2,26,27,28). The SMILES string of the molecule is CON1CCC(Oc2nc(Cn3nc(-c4cn[nH]c4)c4c(N)ncnc43)cc3cccc(Cl)c23)CC1. The Kier molecular flexibility index (Phi) is 5.88. The van der Waals surface area contributed by atoms with Gasteiger partial charge in [0.05, 0.1) is 41.3 Å². The Balaban J connectivity index is 1.40. The van der Waals surface area contributed by atoms with Crippen LogP contribution in [-0.4, -0.2) is 66.3 Å². The number of piperidine rings is 1. The van der Waals surface area contributed by atoms with Crippen LogP contribution in [0.25, 0.3) is 33.1 Å². The fourth-order valence-corrected chi connectivity index (χ4v) is 4.88. The lowest BCUT2D eigenvalue weighted by molar-refractivity contribution is -0.152. The van der Waals surface area contributed by atoms with Crippen molar-refractivity contribution >= 4 is 39.2 Å². The molecule has 184 valence electrons. The number of H-pyrrole nitrogens is 1. The first-order valence-electron chi connectivity index (χ1n) is 11.6. The highest BCUT2D eigenvalue weighted by molar-refractivity contribution is 6.36. The number of pyridine rings is 1. The Morgan fingerprint density at radius 2 is 2.06 bits per heavy atom. The molecule has 1 aliphatic heterocycles. The number of aromatic amines is 1. The zero-order chi connectivity index (χ0) is 24.6. The minimum atomic E-state index is 0.0180. The Morgan fingerprint density at radius 1 is 1.19 bits per heavy atom. The summed E-state index contributed by atoms with van der Waals surface area (Å²) in [5.41, 5.74) is 9.03. The van der Waals surface area contributed by atoms with Crippen molar-refractivity contribution in [1.82, 2.24) is 40.0 Å². The molecule has 1 saturated heterocycles. The van der Waals surface area contributed by atoms with E-state index in [4.69, 9.17) is 37.0 Å². The molecule has 0 atom stereocenters. The molecule has 0 saturated carbocycles. The molecule has 0 radical (unpaired) electrons. The highest BCUT2D eigenvalue weighted by Gasteiger charge is 2.23. The lowest BCUT2D eigenvalue weighted by Crippen LogP contribution is -2.37. The second-order valence-electron chi connectivity index (χ2n) is 8.64. The lowest BCUT2D eigenvalue weighted by Gasteiger charge is -2.30. The first-order chi connectivity index (χ1) is 17.6. The van der Waals surface area contributed by atoms with Crippen LogP contribution in [-0.2, 0) is 11.4 Å². The fourth-order valence-electron chi connectivity index (χ4n) is 4.62. The van der Waals surface area contributed by atoms with Crippen molar-refractivity contribution in [3.05, 3.63) is 53.7 Å². The largest absolute Gasteiger partial charge is 0.474 e. The Bertz CT molecular complexity index is 1530. The number of nitrogens with one attached hydrogen (secondary N) is 1. The van der Waals surface area contributed by atoms with Gasteiger partial charge in [-0.3, -0.25) is 5.10 Å². The molecule has 0 spiro atoms. The molecule has 0 aliphatic carbocycles. The Hall–Kier alpha value is -3.80. The quantitative estimate of drug-likeness (QED) is 0.356. The van der Waals surface area contributed by atoms with Gasteiger partial charge in [-0.1, -0.05) is 23.7 Å². The molecule has 4 aromatic heterocycles. The van der Waals surface area contributed by atoms with Gasteiger partial charge in [-0.25, -0.2) is 19.6 Å². The van der Waals surface area contributed by atoms with Gasteiger partial charge in [-0.15, -0.1) is 0 Å². The maximum absolute atomic E-state index is 6.59. The number of fused-ring (bicyclic) bond motifs is 2. The van der Waals surface area contributed by atoms with Crippen molar-refractivity contribution in [2.24, 2.45) is 0 Å². The zero-order valence-electron chi connectivity index (χ0n) is 19.6. The number of hydrogen-bond donors (Lipinski definition) is 2. The van der Waals surface area contributed by atoms with Crippen LogP contribution in [0, 0.1) is 0 Å². The second kappa shape index (κ2) is 9.34. The number of aromatic nitrogens is 7. The first kappa shape index (κ1) is 22.7. The third-order valence-electron chi connectivity index (χ3n) is 6.41. The third kappa shape index (κ3) is 4.11. The van der Waals surface area contributed by atoms with E-state index in [0.717, 1.165) is 48.0 Å². The van der Waals surface area contributed by atoms with E-state index in [1.54, 1.807) is 24.2 Å². The first-order valence-corrected chi connectivity index (χ1v) is 12.0. The monoisotopic (exact) mass is 505 g/mol. The van der Waals surface area contributed by atoms with Gasteiger partial charge in [0.15, 0.2) is 5.65 Å². The van der Waals surface area contributed by atoms with E-state index >= 15 is 0 Å². The van der Waals surface area contributed by atoms with Crippen LogP contribution in [0.5, 0.6) is 5.88 Å². The highest BCUT2D eigenvalue weighted by atomic mass is 35.5. The van der Waals surface area contributed by atoms with E-state index in [1.165, 1.54) is 6.33 Å². The van der Waals surface area contributed by atoms with E-state index in [2.05, 4.69) is 20.2 Å². The summed E-state index contributed by atoms with van der Waals surface area (Å²) in [6.07, 6.45) is 6.57. The van der Waals surface area contributed by atoms with Crippen LogP contribution in [0.1, 0.15) is 18.5 Å². The molecule has 1 fully saturated rings. The number of ether oxygens (including phenoxy) is 1. The summed E-state index contributed by atoms with van der Waals surface area (Å²) < 4.78 is 8.20. The van der Waals surface area contributed by atoms with Crippen LogP contribution < -0.4 is 10.5 Å². The topological polar surface area (TPSA) is 133 Å². The highest BCUT2D eigenvalue weighted by Crippen LogP contribution is 2.34. The predicted octanol–water partition coefficient (Wildman–Crippen LogP) is 3.45. The number of halogens is 1. The molecule has 3 N–H and O–H groups in total. The Labute approximate surface area is 211 Å². The summed E-state index contributed by atoms with van der Waals surface area (Å²) in [6.45, 7) is 1.94. The molecule has 0 amide bonds. The summed E-state index contributed by atoms with van der Waals surface area (Å²) in [7, 11) is 1.69. The predicted molar refractivity (Wildman–Crippen MR) is 135 cm³/mol. The van der Waals surface area contributed by atoms with Gasteiger partial charge in [0, 0.05) is 24.8 Å². The van der Waals surface area contributed by atoms with E-state index < -0.39 is 0 Å². The van der Waals surface area contributed by atoms with Crippen LogP contribution in [0.2, 0.25) is 5.02 Å². The van der Waals surface area contributed by atoms with Crippen molar-refractivity contribution < 1.29 is 9.57 Å². The Morgan fingerprint density at radius 3 is 2.83 bits per heavy atom. The normalized spacial score (nSPS) is 15.2. The molecule has 5 heterocycles. The summed E-state index contributed by atoms with van der Waals surface area (Å²) in [4.78, 5) is 18.8. The van der Waals surface area contributed by atoms with Gasteiger partial charge in [-0.2, -0.15) is 15.3 Å². The maximum atomic E-state index is 6.59. The molecule has 12 heteroatoms. The van der Waals surface area contributed by atoms with Gasteiger partial charge < -0.3 is 15.3 Å². The third-order valence-corrected chi connectivity index (χ3v) is 6.72. The van der Waals surface area contributed by atoms with Gasteiger partial charge in [0.2, 0.25) is 5.88 Å². The van der Waals surface area contributed by atoms with Crippen molar-refractivity contribution in [1.29, 1.82) is 0 Å². The maximum Gasteiger partial charge on any atom is 0.223 e. The van der Waals surface area contributed by atoms with Crippen LogP contribution in [0.4, 0.5) is 5.82 Å².